The van der Waals surface area contributed by atoms with Crippen molar-refractivity contribution in [2.24, 2.45) is 0 Å². The lowest BCUT2D eigenvalue weighted by Gasteiger charge is -2.08. The van der Waals surface area contributed by atoms with Gasteiger partial charge in [0.2, 0.25) is 11.2 Å². The number of hydrogen-bond acceptors (Lipinski definition) is 6. The van der Waals surface area contributed by atoms with Crippen LogP contribution < -0.4 is 10.8 Å². The van der Waals surface area contributed by atoms with Crippen molar-refractivity contribution in [1.82, 2.24) is 25.0 Å². The van der Waals surface area contributed by atoms with Crippen LogP contribution in [0.5, 0.6) is 0 Å². The number of anilines is 2. The fourth-order valence-corrected chi connectivity index (χ4v) is 3.28. The molecule has 3 aromatic rings. The van der Waals surface area contributed by atoms with Gasteiger partial charge in [-0.05, 0) is 48.7 Å². The molecule has 0 fully saturated rings. The molecule has 3 rings (SSSR count). The maximum Gasteiger partial charge on any atom is 0.243 e. The summed E-state index contributed by atoms with van der Waals surface area (Å²) in [6.45, 7) is 0.765. The van der Waals surface area contributed by atoms with E-state index in [0.29, 0.717) is 28.4 Å². The average molecular weight is 437 g/mol. The van der Waals surface area contributed by atoms with E-state index in [-0.39, 0.29) is 11.2 Å². The molecule has 0 spiro atoms. The highest BCUT2D eigenvalue weighted by molar-refractivity contribution is 6.30. The van der Waals surface area contributed by atoms with Crippen molar-refractivity contribution in [3.63, 3.8) is 0 Å². The fourth-order valence-electron chi connectivity index (χ4n) is 2.99. The second kappa shape index (κ2) is 10.4. The topological polar surface area (TPSA) is 105 Å². The molecule has 0 radical (unpaired) electrons. The van der Waals surface area contributed by atoms with Crippen molar-refractivity contribution in [1.29, 1.82) is 0 Å². The van der Waals surface area contributed by atoms with E-state index in [0.717, 1.165) is 44.3 Å². The first-order valence-corrected chi connectivity index (χ1v) is 10.2. The Hall–Kier alpha value is -2.42. The van der Waals surface area contributed by atoms with Gasteiger partial charge in [0, 0.05) is 23.7 Å². The Morgan fingerprint density at radius 3 is 2.52 bits per heavy atom. The van der Waals surface area contributed by atoms with E-state index in [2.05, 4.69) is 20.3 Å². The molecule has 0 atom stereocenters. The van der Waals surface area contributed by atoms with Gasteiger partial charge in [0.05, 0.1) is 6.33 Å². The van der Waals surface area contributed by atoms with Crippen LogP contribution in [0, 0.1) is 0 Å². The number of unbranched alkanes of at least 4 members (excludes halogenated alkanes) is 4. The Balaban J connectivity index is 1.58. The van der Waals surface area contributed by atoms with Crippen molar-refractivity contribution in [2.45, 2.75) is 45.1 Å². The van der Waals surface area contributed by atoms with E-state index in [1.165, 1.54) is 0 Å². The standard InChI is InChI=1S/C19H22Cl2N6O2/c20-13-7-9-14(10-8-13)23-17-16-18(25-19(21)24-17)27(12-22-16)11-5-3-1-2-4-6-15(28)26-29/h7-10,12,29H,1-6,11H2,(H,26,28)(H,23,24,25). The summed E-state index contributed by atoms with van der Waals surface area (Å²) in [5, 5.41) is 12.5. The molecule has 3 N–H and O–H groups in total. The number of nitrogens with zero attached hydrogens (tertiary/aromatic N) is 4. The van der Waals surface area contributed by atoms with Gasteiger partial charge in [-0.15, -0.1) is 0 Å². The molecule has 2 heterocycles. The number of imidazole rings is 1. The number of benzene rings is 1. The van der Waals surface area contributed by atoms with Crippen LogP contribution in [0.25, 0.3) is 11.2 Å². The van der Waals surface area contributed by atoms with Crippen molar-refractivity contribution < 1.29 is 10.0 Å². The van der Waals surface area contributed by atoms with Crippen LogP contribution in [-0.4, -0.2) is 30.6 Å². The van der Waals surface area contributed by atoms with Gasteiger partial charge >= 0.3 is 0 Å². The number of hydroxylamine groups is 1. The largest absolute Gasteiger partial charge is 0.338 e. The summed E-state index contributed by atoms with van der Waals surface area (Å²) < 4.78 is 1.97. The zero-order valence-corrected chi connectivity index (χ0v) is 17.2. The summed E-state index contributed by atoms with van der Waals surface area (Å²) in [7, 11) is 0. The van der Waals surface area contributed by atoms with E-state index in [4.69, 9.17) is 28.4 Å². The summed E-state index contributed by atoms with van der Waals surface area (Å²) in [6, 6.07) is 7.29. The molecule has 10 heteroatoms. The number of amides is 1. The summed E-state index contributed by atoms with van der Waals surface area (Å²) in [5.74, 6) is 0.206. The number of aryl methyl sites for hydroxylation is 1. The molecule has 1 aromatic carbocycles. The maximum atomic E-state index is 11.0. The quantitative estimate of drug-likeness (QED) is 0.183. The minimum atomic E-state index is -0.338. The lowest BCUT2D eigenvalue weighted by Crippen LogP contribution is -2.17. The van der Waals surface area contributed by atoms with Gasteiger partial charge in [0.1, 0.15) is 0 Å². The Morgan fingerprint density at radius 1 is 1.03 bits per heavy atom. The molecule has 0 saturated carbocycles. The Kier molecular flexibility index (Phi) is 7.62. The first-order valence-electron chi connectivity index (χ1n) is 9.40. The zero-order valence-electron chi connectivity index (χ0n) is 15.7. The summed E-state index contributed by atoms with van der Waals surface area (Å²) in [4.78, 5) is 24.0. The van der Waals surface area contributed by atoms with E-state index in [9.17, 15) is 4.79 Å². The first kappa shape index (κ1) is 21.3. The number of nitrogens with one attached hydrogen (secondary N) is 2. The number of halogens is 2. The van der Waals surface area contributed by atoms with Crippen LogP contribution in [0.2, 0.25) is 10.3 Å². The third-order valence-corrected chi connectivity index (χ3v) is 4.89. The van der Waals surface area contributed by atoms with Gasteiger partial charge in [-0.2, -0.15) is 9.97 Å². The van der Waals surface area contributed by atoms with E-state index in [1.807, 2.05) is 16.7 Å². The highest BCUT2D eigenvalue weighted by atomic mass is 35.5. The second-order valence-corrected chi connectivity index (χ2v) is 7.41. The number of fused-ring (bicyclic) bond motifs is 1. The molecule has 2 aromatic heterocycles. The van der Waals surface area contributed by atoms with Crippen molar-refractivity contribution in [3.8, 4) is 0 Å². The molecule has 8 nitrogen and oxygen atoms in total. The van der Waals surface area contributed by atoms with Crippen LogP contribution in [0.4, 0.5) is 11.5 Å². The van der Waals surface area contributed by atoms with Gasteiger partial charge in [-0.25, -0.2) is 10.5 Å². The van der Waals surface area contributed by atoms with Crippen molar-refractivity contribution in [3.05, 3.63) is 40.9 Å². The van der Waals surface area contributed by atoms with Crippen molar-refractivity contribution >= 4 is 51.8 Å². The molecule has 0 aliphatic heterocycles. The van der Waals surface area contributed by atoms with Crippen LogP contribution >= 0.6 is 23.2 Å². The summed E-state index contributed by atoms with van der Waals surface area (Å²) in [6.07, 6.45) is 6.80. The lowest BCUT2D eigenvalue weighted by atomic mass is 10.1. The highest BCUT2D eigenvalue weighted by Crippen LogP contribution is 2.25. The molecule has 0 aliphatic rings. The summed E-state index contributed by atoms with van der Waals surface area (Å²) >= 11 is 12.1. The smallest absolute Gasteiger partial charge is 0.243 e. The number of carbonyl (C=O) groups is 1. The molecule has 0 unspecified atom stereocenters. The molecular formula is C19H22Cl2N6O2. The third kappa shape index (κ3) is 6.03. The maximum absolute atomic E-state index is 11.0. The van der Waals surface area contributed by atoms with Gasteiger partial charge in [0.25, 0.3) is 0 Å². The normalized spacial score (nSPS) is 11.0. The van der Waals surface area contributed by atoms with Gasteiger partial charge in [-0.3, -0.25) is 10.0 Å². The third-order valence-electron chi connectivity index (χ3n) is 4.47. The van der Waals surface area contributed by atoms with Crippen LogP contribution in [0.15, 0.2) is 30.6 Å². The molecule has 0 saturated heterocycles. The molecule has 29 heavy (non-hydrogen) atoms. The van der Waals surface area contributed by atoms with Gasteiger partial charge in [-0.1, -0.05) is 30.9 Å². The molecule has 154 valence electrons. The second-order valence-electron chi connectivity index (χ2n) is 6.64. The predicted molar refractivity (Wildman–Crippen MR) is 113 cm³/mol. The minimum Gasteiger partial charge on any atom is -0.338 e. The lowest BCUT2D eigenvalue weighted by molar-refractivity contribution is -0.129. The van der Waals surface area contributed by atoms with E-state index in [1.54, 1.807) is 23.9 Å². The number of aromatic nitrogens is 4. The zero-order chi connectivity index (χ0) is 20.6. The molecule has 1 amide bonds. The highest BCUT2D eigenvalue weighted by Gasteiger charge is 2.13. The molecular weight excluding hydrogens is 415 g/mol. The van der Waals surface area contributed by atoms with Crippen LogP contribution in [0.1, 0.15) is 38.5 Å². The van der Waals surface area contributed by atoms with Gasteiger partial charge < -0.3 is 9.88 Å². The van der Waals surface area contributed by atoms with E-state index >= 15 is 0 Å². The predicted octanol–water partition coefficient (Wildman–Crippen LogP) is 4.72. The molecule has 0 bridgehead atoms. The van der Waals surface area contributed by atoms with Gasteiger partial charge in [0.15, 0.2) is 17.0 Å². The van der Waals surface area contributed by atoms with E-state index < -0.39 is 0 Å². The number of carbonyl (C=O) groups excluding carboxylic acids is 1. The van der Waals surface area contributed by atoms with Crippen molar-refractivity contribution in [2.75, 3.05) is 5.32 Å². The SMILES string of the molecule is O=C(CCCCCCCn1cnc2c(Nc3ccc(Cl)cc3)nc(Cl)nc21)NO. The first-order chi connectivity index (χ1) is 14.1. The monoisotopic (exact) mass is 436 g/mol. The van der Waals surface area contributed by atoms with Crippen LogP contribution in [0.3, 0.4) is 0 Å². The Bertz CT molecular complexity index is 961. The summed E-state index contributed by atoms with van der Waals surface area (Å²) in [5.41, 5.74) is 3.81. The Morgan fingerprint density at radius 2 is 1.76 bits per heavy atom. The fraction of sp³-hybridized carbons (Fsp3) is 0.368. The average Bonchev–Trinajstić information content (AvgIpc) is 3.11. The Labute approximate surface area is 178 Å². The number of rotatable bonds is 10. The number of hydrogen-bond donors (Lipinski definition) is 3. The molecule has 0 aliphatic carbocycles. The minimum absolute atomic E-state index is 0.151. The van der Waals surface area contributed by atoms with Crippen LogP contribution in [-0.2, 0) is 11.3 Å².